The summed E-state index contributed by atoms with van der Waals surface area (Å²) in [4.78, 5) is 0.111. The van der Waals surface area contributed by atoms with Gasteiger partial charge in [0.25, 0.3) is 0 Å². The number of ether oxygens (including phenoxy) is 1. The lowest BCUT2D eigenvalue weighted by Crippen LogP contribution is -2.31. The van der Waals surface area contributed by atoms with Crippen LogP contribution in [-0.2, 0) is 14.8 Å². The maximum absolute atomic E-state index is 12.0. The van der Waals surface area contributed by atoms with Crippen LogP contribution in [0.1, 0.15) is 18.4 Å². The number of benzene rings is 1. The molecule has 96 valence electrons. The fourth-order valence-electron chi connectivity index (χ4n) is 1.82. The number of sulfonamides is 1. The van der Waals surface area contributed by atoms with E-state index in [0.717, 1.165) is 12.8 Å². The number of rotatable bonds is 4. The lowest BCUT2D eigenvalue weighted by atomic mass is 10.2. The lowest BCUT2D eigenvalue weighted by Gasteiger charge is -2.11. The zero-order valence-corrected chi connectivity index (χ0v) is 10.6. The Morgan fingerprint density at radius 1 is 1.50 bits per heavy atom. The highest BCUT2D eigenvalue weighted by Gasteiger charge is 2.20. The molecule has 0 saturated carbocycles. The summed E-state index contributed by atoms with van der Waals surface area (Å²) in [6, 6.07) is 7.87. The highest BCUT2D eigenvalue weighted by atomic mass is 32.2. The molecule has 1 fully saturated rings. The molecule has 18 heavy (non-hydrogen) atoms. The third-order valence-corrected chi connectivity index (χ3v) is 4.22. The van der Waals surface area contributed by atoms with Crippen LogP contribution < -0.4 is 4.72 Å². The Bertz CT molecular complexity index is 557. The van der Waals surface area contributed by atoms with E-state index in [2.05, 4.69) is 4.72 Å². The van der Waals surface area contributed by atoms with E-state index in [0.29, 0.717) is 12.2 Å². The van der Waals surface area contributed by atoms with Crippen LogP contribution in [0, 0.1) is 11.3 Å². The van der Waals surface area contributed by atoms with Crippen LogP contribution in [0.4, 0.5) is 0 Å². The van der Waals surface area contributed by atoms with Crippen molar-refractivity contribution in [2.75, 3.05) is 13.2 Å². The molecular weight excluding hydrogens is 252 g/mol. The molecular formula is C12H14N2O3S. The molecule has 0 aliphatic carbocycles. The molecule has 0 spiro atoms. The summed E-state index contributed by atoms with van der Waals surface area (Å²) in [5.41, 5.74) is 0.329. The van der Waals surface area contributed by atoms with E-state index in [1.165, 1.54) is 12.1 Å². The Hall–Kier alpha value is -1.42. The van der Waals surface area contributed by atoms with Gasteiger partial charge in [0.2, 0.25) is 10.0 Å². The summed E-state index contributed by atoms with van der Waals surface area (Å²) in [6.45, 7) is 0.968. The first-order valence-corrected chi connectivity index (χ1v) is 7.21. The monoisotopic (exact) mass is 266 g/mol. The first-order chi connectivity index (χ1) is 8.62. The maximum Gasteiger partial charge on any atom is 0.240 e. The van der Waals surface area contributed by atoms with Crippen LogP contribution in [0.5, 0.6) is 0 Å². The van der Waals surface area contributed by atoms with Crippen molar-refractivity contribution in [3.63, 3.8) is 0 Å². The molecule has 0 bridgehead atoms. The highest BCUT2D eigenvalue weighted by Crippen LogP contribution is 2.14. The predicted molar refractivity (Wildman–Crippen MR) is 65.3 cm³/mol. The SMILES string of the molecule is N#Cc1cccc(S(=O)(=O)NCC2CCCO2)c1. The minimum Gasteiger partial charge on any atom is -0.377 e. The molecule has 0 radical (unpaired) electrons. The summed E-state index contributed by atoms with van der Waals surface area (Å²) in [5, 5.41) is 8.75. The Kier molecular flexibility index (Phi) is 3.97. The molecule has 1 atom stereocenters. The van der Waals surface area contributed by atoms with Gasteiger partial charge >= 0.3 is 0 Å². The molecule has 1 aromatic carbocycles. The maximum atomic E-state index is 12.0. The van der Waals surface area contributed by atoms with Crippen molar-refractivity contribution in [2.24, 2.45) is 0 Å². The third-order valence-electron chi connectivity index (χ3n) is 2.80. The second kappa shape index (κ2) is 5.48. The summed E-state index contributed by atoms with van der Waals surface area (Å²) < 4.78 is 31.8. The number of nitriles is 1. The molecule has 1 saturated heterocycles. The van der Waals surface area contributed by atoms with Crippen LogP contribution in [0.2, 0.25) is 0 Å². The van der Waals surface area contributed by atoms with Crippen LogP contribution >= 0.6 is 0 Å². The molecule has 5 nitrogen and oxygen atoms in total. The minimum atomic E-state index is -3.56. The van der Waals surface area contributed by atoms with E-state index in [1.54, 1.807) is 12.1 Å². The van der Waals surface area contributed by atoms with Crippen molar-refractivity contribution in [3.8, 4) is 6.07 Å². The quantitative estimate of drug-likeness (QED) is 0.882. The first-order valence-electron chi connectivity index (χ1n) is 5.73. The van der Waals surface area contributed by atoms with Gasteiger partial charge in [-0.1, -0.05) is 6.07 Å². The van der Waals surface area contributed by atoms with E-state index in [9.17, 15) is 8.42 Å². The lowest BCUT2D eigenvalue weighted by molar-refractivity contribution is 0.114. The van der Waals surface area contributed by atoms with Gasteiger partial charge in [0.15, 0.2) is 0 Å². The molecule has 1 unspecified atom stereocenters. The molecule has 6 heteroatoms. The summed E-state index contributed by atoms with van der Waals surface area (Å²) in [7, 11) is -3.56. The minimum absolute atomic E-state index is 0.0427. The van der Waals surface area contributed by atoms with Crippen molar-refractivity contribution in [3.05, 3.63) is 29.8 Å². The van der Waals surface area contributed by atoms with Crippen molar-refractivity contribution >= 4 is 10.0 Å². The molecule has 1 N–H and O–H groups in total. The van der Waals surface area contributed by atoms with Crippen LogP contribution in [0.15, 0.2) is 29.2 Å². The van der Waals surface area contributed by atoms with Crippen molar-refractivity contribution in [1.29, 1.82) is 5.26 Å². The summed E-state index contributed by atoms with van der Waals surface area (Å²) in [6.07, 6.45) is 1.80. The number of nitrogens with one attached hydrogen (secondary N) is 1. The Morgan fingerprint density at radius 3 is 3.00 bits per heavy atom. The van der Waals surface area contributed by atoms with Crippen molar-refractivity contribution < 1.29 is 13.2 Å². The molecule has 0 aromatic heterocycles. The van der Waals surface area contributed by atoms with Crippen LogP contribution in [0.3, 0.4) is 0 Å². The standard InChI is InChI=1S/C12H14N2O3S/c13-8-10-3-1-5-12(7-10)18(15,16)14-9-11-4-2-6-17-11/h1,3,5,7,11,14H,2,4,6,9H2. The van der Waals surface area contributed by atoms with E-state index >= 15 is 0 Å². The predicted octanol–water partition coefficient (Wildman–Crippen LogP) is 1.02. The fraction of sp³-hybridized carbons (Fsp3) is 0.417. The largest absolute Gasteiger partial charge is 0.377 e. The van der Waals surface area contributed by atoms with Gasteiger partial charge in [0.05, 0.1) is 22.6 Å². The van der Waals surface area contributed by atoms with Gasteiger partial charge in [-0.25, -0.2) is 13.1 Å². The number of hydrogen-bond acceptors (Lipinski definition) is 4. The smallest absolute Gasteiger partial charge is 0.240 e. The van der Waals surface area contributed by atoms with Gasteiger partial charge < -0.3 is 4.74 Å². The molecule has 1 aliphatic heterocycles. The van der Waals surface area contributed by atoms with E-state index in [-0.39, 0.29) is 17.5 Å². The van der Waals surface area contributed by atoms with Gasteiger partial charge in [-0.05, 0) is 31.0 Å². The van der Waals surface area contributed by atoms with Gasteiger partial charge in [0, 0.05) is 13.2 Å². The zero-order valence-electron chi connectivity index (χ0n) is 9.80. The average Bonchev–Trinajstić information content (AvgIpc) is 2.90. The van der Waals surface area contributed by atoms with Gasteiger partial charge in [-0.15, -0.1) is 0 Å². The number of nitrogens with zero attached hydrogens (tertiary/aromatic N) is 1. The van der Waals surface area contributed by atoms with Crippen LogP contribution in [-0.4, -0.2) is 27.7 Å². The van der Waals surface area contributed by atoms with Crippen molar-refractivity contribution in [2.45, 2.75) is 23.8 Å². The van der Waals surface area contributed by atoms with Crippen LogP contribution in [0.25, 0.3) is 0 Å². The topological polar surface area (TPSA) is 79.2 Å². The molecule has 2 rings (SSSR count). The highest BCUT2D eigenvalue weighted by molar-refractivity contribution is 7.89. The second-order valence-electron chi connectivity index (χ2n) is 4.13. The first kappa shape index (κ1) is 13.0. The van der Waals surface area contributed by atoms with Crippen molar-refractivity contribution in [1.82, 2.24) is 4.72 Å². The fourth-order valence-corrected chi connectivity index (χ4v) is 2.94. The molecule has 1 aliphatic rings. The summed E-state index contributed by atoms with van der Waals surface area (Å²) >= 11 is 0. The van der Waals surface area contributed by atoms with E-state index in [4.69, 9.17) is 10.00 Å². The zero-order chi connectivity index (χ0) is 13.0. The third kappa shape index (κ3) is 3.07. The molecule has 1 heterocycles. The van der Waals surface area contributed by atoms with Gasteiger partial charge in [-0.3, -0.25) is 0 Å². The normalized spacial score (nSPS) is 19.6. The van der Waals surface area contributed by atoms with Gasteiger partial charge in [-0.2, -0.15) is 5.26 Å². The van der Waals surface area contributed by atoms with E-state index < -0.39 is 10.0 Å². The Balaban J connectivity index is 2.07. The number of hydrogen-bond donors (Lipinski definition) is 1. The van der Waals surface area contributed by atoms with Gasteiger partial charge in [0.1, 0.15) is 0 Å². The summed E-state index contributed by atoms with van der Waals surface area (Å²) in [5.74, 6) is 0. The molecule has 1 aromatic rings. The second-order valence-corrected chi connectivity index (χ2v) is 5.89. The van der Waals surface area contributed by atoms with E-state index in [1.807, 2.05) is 6.07 Å². The average molecular weight is 266 g/mol. The Labute approximate surface area is 106 Å². The Morgan fingerprint density at radius 2 is 2.33 bits per heavy atom. The molecule has 0 amide bonds.